The summed E-state index contributed by atoms with van der Waals surface area (Å²) in [6, 6.07) is 0. The zero-order valence-corrected chi connectivity index (χ0v) is 9.33. The highest BCUT2D eigenvalue weighted by atomic mass is 16.5. The van der Waals surface area contributed by atoms with Crippen molar-refractivity contribution >= 4 is 0 Å². The van der Waals surface area contributed by atoms with Crippen LogP contribution in [0.5, 0.6) is 0 Å². The minimum atomic E-state index is -0.269. The Morgan fingerprint density at radius 2 is 2.00 bits per heavy atom. The normalized spacial score (nSPS) is 37.1. The van der Waals surface area contributed by atoms with Crippen LogP contribution in [-0.4, -0.2) is 23.9 Å². The molecule has 2 saturated carbocycles. The molecule has 2 atom stereocenters. The summed E-state index contributed by atoms with van der Waals surface area (Å²) >= 11 is 0. The summed E-state index contributed by atoms with van der Waals surface area (Å²) in [6.07, 6.45) is 5.83. The van der Waals surface area contributed by atoms with Crippen LogP contribution in [0.1, 0.15) is 46.0 Å². The molecular weight excluding hydrogens is 176 g/mol. The van der Waals surface area contributed by atoms with E-state index in [0.29, 0.717) is 0 Å². The van der Waals surface area contributed by atoms with Gasteiger partial charge in [0.15, 0.2) is 0 Å². The molecule has 0 aromatic heterocycles. The smallest absolute Gasteiger partial charge is 0.0852 e. The summed E-state index contributed by atoms with van der Waals surface area (Å²) in [5.41, 5.74) is 0.0481. The summed E-state index contributed by atoms with van der Waals surface area (Å²) in [6.45, 7) is 5.16. The monoisotopic (exact) mass is 198 g/mol. The predicted molar refractivity (Wildman–Crippen MR) is 56.1 cm³/mol. The highest BCUT2D eigenvalue weighted by Gasteiger charge is 2.38. The molecule has 0 aromatic carbocycles. The average Bonchev–Trinajstić information content (AvgIpc) is 2.91. The second-order valence-electron chi connectivity index (χ2n) is 5.64. The standard InChI is InChI=1S/C12H22O2/c1-12(2)7-3-4-10(11(12)13)14-8-9-5-6-9/h9-11,13H,3-8H2,1-2H3. The van der Waals surface area contributed by atoms with Gasteiger partial charge in [-0.3, -0.25) is 0 Å². The summed E-state index contributed by atoms with van der Waals surface area (Å²) in [4.78, 5) is 0. The van der Waals surface area contributed by atoms with Crippen molar-refractivity contribution in [3.8, 4) is 0 Å². The second kappa shape index (κ2) is 3.82. The molecular formula is C12H22O2. The van der Waals surface area contributed by atoms with E-state index in [1.54, 1.807) is 0 Å². The van der Waals surface area contributed by atoms with Crippen molar-refractivity contribution in [1.29, 1.82) is 0 Å². The summed E-state index contributed by atoms with van der Waals surface area (Å²) in [5.74, 6) is 0.798. The molecule has 2 unspecified atom stereocenters. The van der Waals surface area contributed by atoms with Crippen LogP contribution >= 0.6 is 0 Å². The van der Waals surface area contributed by atoms with E-state index in [9.17, 15) is 5.11 Å². The maximum atomic E-state index is 10.1. The van der Waals surface area contributed by atoms with Crippen molar-refractivity contribution in [3.05, 3.63) is 0 Å². The molecule has 0 bridgehead atoms. The summed E-state index contributed by atoms with van der Waals surface area (Å²) in [5, 5.41) is 10.1. The molecule has 0 radical (unpaired) electrons. The van der Waals surface area contributed by atoms with Gasteiger partial charge in [-0.15, -0.1) is 0 Å². The highest BCUT2D eigenvalue weighted by Crippen LogP contribution is 2.38. The van der Waals surface area contributed by atoms with Gasteiger partial charge in [0.2, 0.25) is 0 Å². The fourth-order valence-electron chi connectivity index (χ4n) is 2.29. The molecule has 0 aromatic rings. The number of hydrogen-bond donors (Lipinski definition) is 1. The average molecular weight is 198 g/mol. The number of hydrogen-bond acceptors (Lipinski definition) is 2. The van der Waals surface area contributed by atoms with E-state index >= 15 is 0 Å². The molecule has 2 heteroatoms. The molecule has 2 aliphatic rings. The zero-order chi connectivity index (χ0) is 10.2. The van der Waals surface area contributed by atoms with Crippen LogP contribution < -0.4 is 0 Å². The first kappa shape index (κ1) is 10.4. The minimum Gasteiger partial charge on any atom is -0.390 e. The highest BCUT2D eigenvalue weighted by molar-refractivity contribution is 4.89. The maximum Gasteiger partial charge on any atom is 0.0852 e. The van der Waals surface area contributed by atoms with Crippen molar-refractivity contribution in [3.63, 3.8) is 0 Å². The Labute approximate surface area is 86.6 Å². The van der Waals surface area contributed by atoms with E-state index in [1.165, 1.54) is 19.3 Å². The molecule has 2 nitrogen and oxygen atoms in total. The minimum absolute atomic E-state index is 0.0481. The third-order valence-electron chi connectivity index (χ3n) is 3.71. The Balaban J connectivity index is 1.83. The van der Waals surface area contributed by atoms with Crippen LogP contribution in [0, 0.1) is 11.3 Å². The van der Waals surface area contributed by atoms with E-state index in [2.05, 4.69) is 13.8 Å². The number of aliphatic hydroxyl groups is 1. The first-order valence-corrected chi connectivity index (χ1v) is 5.89. The Bertz CT molecular complexity index is 196. The lowest BCUT2D eigenvalue weighted by molar-refractivity contribution is -0.114. The van der Waals surface area contributed by atoms with Gasteiger partial charge < -0.3 is 9.84 Å². The molecule has 0 heterocycles. The van der Waals surface area contributed by atoms with E-state index in [0.717, 1.165) is 25.4 Å². The van der Waals surface area contributed by atoms with Crippen LogP contribution in [-0.2, 0) is 4.74 Å². The summed E-state index contributed by atoms with van der Waals surface area (Å²) in [7, 11) is 0. The Morgan fingerprint density at radius 1 is 1.29 bits per heavy atom. The topological polar surface area (TPSA) is 29.5 Å². The fourth-order valence-corrected chi connectivity index (χ4v) is 2.29. The molecule has 0 saturated heterocycles. The van der Waals surface area contributed by atoms with Gasteiger partial charge in [-0.25, -0.2) is 0 Å². The van der Waals surface area contributed by atoms with Gasteiger partial charge in [-0.2, -0.15) is 0 Å². The molecule has 0 aliphatic heterocycles. The van der Waals surface area contributed by atoms with E-state index < -0.39 is 0 Å². The van der Waals surface area contributed by atoms with E-state index in [-0.39, 0.29) is 17.6 Å². The van der Waals surface area contributed by atoms with Gasteiger partial charge in [-0.05, 0) is 37.0 Å². The number of aliphatic hydroxyl groups excluding tert-OH is 1. The van der Waals surface area contributed by atoms with Crippen LogP contribution in [0.4, 0.5) is 0 Å². The first-order chi connectivity index (χ1) is 6.59. The van der Waals surface area contributed by atoms with Crippen molar-refractivity contribution in [2.45, 2.75) is 58.2 Å². The largest absolute Gasteiger partial charge is 0.390 e. The van der Waals surface area contributed by atoms with Gasteiger partial charge in [0, 0.05) is 6.61 Å². The van der Waals surface area contributed by atoms with Crippen molar-refractivity contribution in [2.24, 2.45) is 11.3 Å². The zero-order valence-electron chi connectivity index (χ0n) is 9.33. The molecule has 0 spiro atoms. The molecule has 0 amide bonds. The van der Waals surface area contributed by atoms with Gasteiger partial charge in [0.25, 0.3) is 0 Å². The molecule has 2 fully saturated rings. The third-order valence-corrected chi connectivity index (χ3v) is 3.71. The van der Waals surface area contributed by atoms with Crippen LogP contribution in [0.15, 0.2) is 0 Å². The molecule has 14 heavy (non-hydrogen) atoms. The van der Waals surface area contributed by atoms with Gasteiger partial charge in [0.1, 0.15) is 0 Å². The van der Waals surface area contributed by atoms with Crippen molar-refractivity contribution in [2.75, 3.05) is 6.61 Å². The lowest BCUT2D eigenvalue weighted by Gasteiger charge is -2.40. The van der Waals surface area contributed by atoms with Crippen LogP contribution in [0.2, 0.25) is 0 Å². The molecule has 82 valence electrons. The van der Waals surface area contributed by atoms with E-state index in [4.69, 9.17) is 4.74 Å². The van der Waals surface area contributed by atoms with Gasteiger partial charge >= 0.3 is 0 Å². The molecule has 1 N–H and O–H groups in total. The maximum absolute atomic E-state index is 10.1. The van der Waals surface area contributed by atoms with Gasteiger partial charge in [-0.1, -0.05) is 20.3 Å². The SMILES string of the molecule is CC1(C)CCCC(OCC2CC2)C1O. The molecule has 2 rings (SSSR count). The third kappa shape index (κ3) is 2.29. The number of ether oxygens (including phenoxy) is 1. The van der Waals surface area contributed by atoms with Crippen molar-refractivity contribution < 1.29 is 9.84 Å². The molecule has 2 aliphatic carbocycles. The lowest BCUT2D eigenvalue weighted by atomic mass is 9.73. The lowest BCUT2D eigenvalue weighted by Crippen LogP contribution is -2.44. The van der Waals surface area contributed by atoms with Crippen LogP contribution in [0.3, 0.4) is 0 Å². The predicted octanol–water partition coefficient (Wildman–Crippen LogP) is 2.35. The van der Waals surface area contributed by atoms with Crippen molar-refractivity contribution in [1.82, 2.24) is 0 Å². The first-order valence-electron chi connectivity index (χ1n) is 5.89. The number of rotatable bonds is 3. The fraction of sp³-hybridized carbons (Fsp3) is 1.00. The second-order valence-corrected chi connectivity index (χ2v) is 5.64. The van der Waals surface area contributed by atoms with Gasteiger partial charge in [0.05, 0.1) is 12.2 Å². The Morgan fingerprint density at radius 3 is 2.64 bits per heavy atom. The summed E-state index contributed by atoms with van der Waals surface area (Å²) < 4.78 is 5.80. The quantitative estimate of drug-likeness (QED) is 0.754. The van der Waals surface area contributed by atoms with Crippen LogP contribution in [0.25, 0.3) is 0 Å². The van der Waals surface area contributed by atoms with E-state index in [1.807, 2.05) is 0 Å². The Hall–Kier alpha value is -0.0800. The Kier molecular flexibility index (Phi) is 2.85.